The van der Waals surface area contributed by atoms with Gasteiger partial charge < -0.3 is 9.67 Å². The van der Waals surface area contributed by atoms with Gasteiger partial charge in [-0.2, -0.15) is 0 Å². The van der Waals surface area contributed by atoms with Crippen molar-refractivity contribution in [2.45, 2.75) is 33.2 Å². The fraction of sp³-hybridized carbons (Fsp3) is 0.294. The molecule has 1 atom stereocenters. The average Bonchev–Trinajstić information content (AvgIpc) is 2.40. The molecule has 0 amide bonds. The van der Waals surface area contributed by atoms with Gasteiger partial charge in [0.15, 0.2) is 5.43 Å². The second-order valence-electron chi connectivity index (χ2n) is 5.80. The van der Waals surface area contributed by atoms with Gasteiger partial charge in [0.25, 0.3) is 0 Å². The Morgan fingerprint density at radius 1 is 1.24 bits per heavy atom. The molecule has 1 aliphatic rings. The number of fused-ring (bicyclic) bond motifs is 3. The summed E-state index contributed by atoms with van der Waals surface area (Å²) in [6, 6.07) is 5.84. The highest BCUT2D eigenvalue weighted by molar-refractivity contribution is 5.87. The van der Waals surface area contributed by atoms with E-state index in [-0.39, 0.29) is 11.6 Å². The van der Waals surface area contributed by atoms with E-state index in [0.29, 0.717) is 0 Å². The molecule has 3 rings (SSSR count). The number of pyridine rings is 1. The molecule has 0 saturated carbocycles. The van der Waals surface area contributed by atoms with E-state index in [2.05, 4.69) is 19.1 Å². The van der Waals surface area contributed by atoms with Gasteiger partial charge in [-0.05, 0) is 49.9 Å². The molecule has 4 heteroatoms. The Morgan fingerprint density at radius 2 is 1.90 bits per heavy atom. The molecule has 4 nitrogen and oxygen atoms in total. The third kappa shape index (κ3) is 2.07. The van der Waals surface area contributed by atoms with E-state index in [1.54, 1.807) is 0 Å². The highest BCUT2D eigenvalue weighted by Crippen LogP contribution is 2.35. The number of carboxylic acid groups (broad SMARTS) is 1. The number of hydrogen-bond acceptors (Lipinski definition) is 2. The monoisotopic (exact) mass is 283 g/mol. The molecule has 1 unspecified atom stereocenters. The van der Waals surface area contributed by atoms with E-state index in [1.807, 2.05) is 18.4 Å². The number of nitrogens with zero attached hydrogens (tertiary/aromatic N) is 1. The minimum Gasteiger partial charge on any atom is -0.477 e. The molecule has 0 spiro atoms. The molecule has 2 aromatic rings. The van der Waals surface area contributed by atoms with Crippen LogP contribution in [-0.4, -0.2) is 15.6 Å². The normalized spacial score (nSPS) is 16.2. The quantitative estimate of drug-likeness (QED) is 0.875. The van der Waals surface area contributed by atoms with E-state index in [0.717, 1.165) is 17.7 Å². The molecular formula is C17H17NO3. The summed E-state index contributed by atoms with van der Waals surface area (Å²) in [5.74, 6) is -1.17. The molecular weight excluding hydrogens is 266 g/mol. The zero-order valence-corrected chi connectivity index (χ0v) is 12.3. The van der Waals surface area contributed by atoms with Crippen molar-refractivity contribution in [1.29, 1.82) is 0 Å². The van der Waals surface area contributed by atoms with Crippen molar-refractivity contribution in [3.63, 3.8) is 0 Å². The SMILES string of the molecule is Cc1cc2c(cc1C)-c1cc(=O)c(C(=O)O)cn1C(C)C2. The Kier molecular flexibility index (Phi) is 2.97. The maximum absolute atomic E-state index is 12.0. The van der Waals surface area contributed by atoms with Crippen LogP contribution in [0.5, 0.6) is 0 Å². The zero-order chi connectivity index (χ0) is 15.3. The van der Waals surface area contributed by atoms with Crippen molar-refractivity contribution in [2.24, 2.45) is 0 Å². The summed E-state index contributed by atoms with van der Waals surface area (Å²) >= 11 is 0. The maximum atomic E-state index is 12.0. The van der Waals surface area contributed by atoms with Gasteiger partial charge >= 0.3 is 5.97 Å². The van der Waals surface area contributed by atoms with Crippen LogP contribution in [0.4, 0.5) is 0 Å². The highest BCUT2D eigenvalue weighted by Gasteiger charge is 2.23. The fourth-order valence-corrected chi connectivity index (χ4v) is 2.99. The lowest BCUT2D eigenvalue weighted by Gasteiger charge is -2.29. The van der Waals surface area contributed by atoms with Crippen LogP contribution in [0.25, 0.3) is 11.3 Å². The highest BCUT2D eigenvalue weighted by atomic mass is 16.4. The summed E-state index contributed by atoms with van der Waals surface area (Å²) in [7, 11) is 0. The third-order valence-electron chi connectivity index (χ3n) is 4.30. The topological polar surface area (TPSA) is 59.3 Å². The lowest BCUT2D eigenvalue weighted by molar-refractivity contribution is 0.0694. The third-order valence-corrected chi connectivity index (χ3v) is 4.30. The second-order valence-corrected chi connectivity index (χ2v) is 5.80. The molecule has 1 N–H and O–H groups in total. The van der Waals surface area contributed by atoms with Crippen molar-refractivity contribution in [3.05, 3.63) is 56.9 Å². The van der Waals surface area contributed by atoms with Crippen LogP contribution in [0.3, 0.4) is 0 Å². The summed E-state index contributed by atoms with van der Waals surface area (Å²) in [4.78, 5) is 23.2. The first kappa shape index (κ1) is 13.6. The Labute approximate surface area is 122 Å². The van der Waals surface area contributed by atoms with Crippen molar-refractivity contribution in [3.8, 4) is 11.3 Å². The number of aromatic nitrogens is 1. The summed E-state index contributed by atoms with van der Waals surface area (Å²) < 4.78 is 1.90. The van der Waals surface area contributed by atoms with Crippen LogP contribution in [0.15, 0.2) is 29.2 Å². The molecule has 1 aliphatic heterocycles. The van der Waals surface area contributed by atoms with Crippen molar-refractivity contribution >= 4 is 5.97 Å². The van der Waals surface area contributed by atoms with Crippen LogP contribution < -0.4 is 5.43 Å². The minimum atomic E-state index is -1.17. The number of carboxylic acids is 1. The minimum absolute atomic E-state index is 0.133. The predicted octanol–water partition coefficient (Wildman–Crippen LogP) is 2.95. The van der Waals surface area contributed by atoms with E-state index in [4.69, 9.17) is 5.11 Å². The summed E-state index contributed by atoms with van der Waals surface area (Å²) in [6.07, 6.45) is 2.31. The first-order valence-electron chi connectivity index (χ1n) is 6.98. The Bertz CT molecular complexity index is 818. The van der Waals surface area contributed by atoms with Crippen LogP contribution in [0.1, 0.15) is 40.0 Å². The molecule has 2 heterocycles. The number of aromatic carboxylic acids is 1. The van der Waals surface area contributed by atoms with Crippen molar-refractivity contribution in [2.75, 3.05) is 0 Å². The smallest absolute Gasteiger partial charge is 0.341 e. The van der Waals surface area contributed by atoms with Gasteiger partial charge in [-0.1, -0.05) is 6.07 Å². The lowest BCUT2D eigenvalue weighted by Crippen LogP contribution is -2.24. The Hall–Kier alpha value is -2.36. The zero-order valence-electron chi connectivity index (χ0n) is 12.3. The van der Waals surface area contributed by atoms with E-state index in [1.165, 1.54) is 29.0 Å². The fourth-order valence-electron chi connectivity index (χ4n) is 2.99. The van der Waals surface area contributed by atoms with Gasteiger partial charge in [0, 0.05) is 23.9 Å². The first-order valence-corrected chi connectivity index (χ1v) is 6.98. The molecule has 0 radical (unpaired) electrons. The van der Waals surface area contributed by atoms with Gasteiger partial charge in [-0.25, -0.2) is 4.79 Å². The number of aryl methyl sites for hydroxylation is 2. The number of rotatable bonds is 1. The largest absolute Gasteiger partial charge is 0.477 e. The van der Waals surface area contributed by atoms with Crippen LogP contribution in [0, 0.1) is 13.8 Å². The number of carbonyl (C=O) groups is 1. The summed E-state index contributed by atoms with van der Waals surface area (Å²) in [5, 5.41) is 9.12. The number of hydrogen-bond donors (Lipinski definition) is 1. The van der Waals surface area contributed by atoms with Crippen LogP contribution in [0.2, 0.25) is 0 Å². The standard InChI is InChI=1S/C17H17NO3/c1-9-4-12-6-11(3)18-8-14(17(20)21)16(19)7-15(18)13(12)5-10(9)2/h4-5,7-8,11H,6H2,1-3H3,(H,20,21). The first-order chi connectivity index (χ1) is 9.88. The molecule has 0 fully saturated rings. The van der Waals surface area contributed by atoms with Gasteiger partial charge in [0.05, 0.1) is 5.69 Å². The molecule has 0 bridgehead atoms. The molecule has 21 heavy (non-hydrogen) atoms. The molecule has 108 valence electrons. The van der Waals surface area contributed by atoms with Crippen LogP contribution in [-0.2, 0) is 6.42 Å². The molecule has 1 aromatic carbocycles. The number of benzene rings is 1. The molecule has 0 saturated heterocycles. The second kappa shape index (κ2) is 4.58. The van der Waals surface area contributed by atoms with Gasteiger partial charge in [-0.3, -0.25) is 4.79 Å². The summed E-state index contributed by atoms with van der Waals surface area (Å²) in [6.45, 7) is 6.16. The average molecular weight is 283 g/mol. The Morgan fingerprint density at radius 3 is 2.57 bits per heavy atom. The van der Waals surface area contributed by atoms with Gasteiger partial charge in [0.2, 0.25) is 0 Å². The maximum Gasteiger partial charge on any atom is 0.341 e. The van der Waals surface area contributed by atoms with Crippen LogP contribution >= 0.6 is 0 Å². The van der Waals surface area contributed by atoms with E-state index in [9.17, 15) is 9.59 Å². The van der Waals surface area contributed by atoms with Gasteiger partial charge in [0.1, 0.15) is 5.56 Å². The van der Waals surface area contributed by atoms with Gasteiger partial charge in [-0.15, -0.1) is 0 Å². The lowest BCUT2D eigenvalue weighted by atomic mass is 9.89. The van der Waals surface area contributed by atoms with Crippen molar-refractivity contribution in [1.82, 2.24) is 4.57 Å². The Balaban J connectivity index is 2.32. The van der Waals surface area contributed by atoms with Crippen molar-refractivity contribution < 1.29 is 9.90 Å². The predicted molar refractivity (Wildman–Crippen MR) is 81.0 cm³/mol. The van der Waals surface area contributed by atoms with E-state index >= 15 is 0 Å². The van der Waals surface area contributed by atoms with E-state index < -0.39 is 11.4 Å². The molecule has 1 aromatic heterocycles. The summed E-state index contributed by atoms with van der Waals surface area (Å²) in [5.41, 5.74) is 4.86. The molecule has 0 aliphatic carbocycles.